The van der Waals surface area contributed by atoms with E-state index >= 15 is 0 Å². The average Bonchev–Trinajstić information content (AvgIpc) is 2.08. The van der Waals surface area contributed by atoms with Gasteiger partial charge in [-0.25, -0.2) is 0 Å². The molecule has 0 aromatic heterocycles. The van der Waals surface area contributed by atoms with Gasteiger partial charge in [-0.3, -0.25) is 0 Å². The van der Waals surface area contributed by atoms with Crippen molar-refractivity contribution in [3.8, 4) is 0 Å². The molecule has 0 aromatic carbocycles. The molecule has 0 N–H and O–H groups in total. The highest BCUT2D eigenvalue weighted by molar-refractivity contribution is 4.72. The topological polar surface area (TPSA) is 0 Å². The van der Waals surface area contributed by atoms with E-state index in [0.717, 1.165) is 17.8 Å². The Kier molecular flexibility index (Phi) is 6.51. The smallest absolute Gasteiger partial charge is 0.0389 e. The Morgan fingerprint density at radius 2 is 1.67 bits per heavy atom. The zero-order valence-corrected chi connectivity index (χ0v) is 9.56. The largest absolute Gasteiger partial charge is 0.0683 e. The van der Waals surface area contributed by atoms with Crippen LogP contribution in [-0.2, 0) is 0 Å². The normalized spacial score (nSPS) is 29.5. The van der Waals surface area contributed by atoms with Gasteiger partial charge in [-0.05, 0) is 24.2 Å². The summed E-state index contributed by atoms with van der Waals surface area (Å²) in [6.45, 7) is 11.1. The van der Waals surface area contributed by atoms with Crippen LogP contribution in [0.5, 0.6) is 0 Å². The highest BCUT2D eigenvalue weighted by atomic mass is 14.3. The third-order valence-corrected chi connectivity index (χ3v) is 2.92. The first kappa shape index (κ1) is 12.0. The predicted octanol–water partition coefficient (Wildman–Crippen LogP) is 4.49. The second-order valence-corrected chi connectivity index (χ2v) is 4.28. The zero-order valence-electron chi connectivity index (χ0n) is 9.56. The van der Waals surface area contributed by atoms with Gasteiger partial charge >= 0.3 is 0 Å². The minimum atomic E-state index is 0.919. The van der Waals surface area contributed by atoms with E-state index in [2.05, 4.69) is 20.8 Å². The Balaban J connectivity index is 0.000000561. The summed E-state index contributed by atoms with van der Waals surface area (Å²) in [6.07, 6.45) is 5.92. The van der Waals surface area contributed by atoms with E-state index in [-0.39, 0.29) is 0 Å². The van der Waals surface area contributed by atoms with Gasteiger partial charge in [0, 0.05) is 0 Å². The fraction of sp³-hybridized carbons (Fsp3) is 1.00. The Hall–Kier alpha value is 0. The molecule has 0 amide bonds. The molecule has 1 fully saturated rings. The molecule has 12 heavy (non-hydrogen) atoms. The lowest BCUT2D eigenvalue weighted by Crippen LogP contribution is -2.17. The van der Waals surface area contributed by atoms with Gasteiger partial charge in [0.25, 0.3) is 0 Å². The maximum atomic E-state index is 2.40. The fourth-order valence-corrected chi connectivity index (χ4v) is 2.09. The number of hydrogen-bond acceptors (Lipinski definition) is 0. The highest BCUT2D eigenvalue weighted by Gasteiger charge is 2.20. The standard InChI is InChI=1S/C10H20.C2H6/c1-8(2)10-6-4-5-9(3)7-10;1-2/h8-10H,4-7H2,1-3H3;1-2H3. The van der Waals surface area contributed by atoms with Crippen LogP contribution in [0, 0.1) is 17.8 Å². The Morgan fingerprint density at radius 3 is 2.00 bits per heavy atom. The van der Waals surface area contributed by atoms with Crippen molar-refractivity contribution in [1.82, 2.24) is 0 Å². The lowest BCUT2D eigenvalue weighted by molar-refractivity contribution is 0.226. The van der Waals surface area contributed by atoms with E-state index < -0.39 is 0 Å². The molecule has 1 aliphatic rings. The van der Waals surface area contributed by atoms with Crippen LogP contribution in [0.1, 0.15) is 60.3 Å². The predicted molar refractivity (Wildman–Crippen MR) is 57.3 cm³/mol. The quantitative estimate of drug-likeness (QED) is 0.543. The molecular formula is C12H26. The van der Waals surface area contributed by atoms with Gasteiger partial charge in [-0.2, -0.15) is 0 Å². The van der Waals surface area contributed by atoms with Crippen LogP contribution >= 0.6 is 0 Å². The van der Waals surface area contributed by atoms with E-state index in [1.54, 1.807) is 0 Å². The first-order valence-corrected chi connectivity index (χ1v) is 5.70. The van der Waals surface area contributed by atoms with E-state index in [1.165, 1.54) is 25.7 Å². The summed E-state index contributed by atoms with van der Waals surface area (Å²) in [6, 6.07) is 0. The van der Waals surface area contributed by atoms with Gasteiger partial charge in [0.05, 0.1) is 0 Å². The van der Waals surface area contributed by atoms with Crippen molar-refractivity contribution in [3.63, 3.8) is 0 Å². The molecule has 0 heteroatoms. The van der Waals surface area contributed by atoms with Crippen molar-refractivity contribution in [1.29, 1.82) is 0 Å². The molecule has 0 aliphatic heterocycles. The van der Waals surface area contributed by atoms with Crippen LogP contribution in [0.25, 0.3) is 0 Å². The lowest BCUT2D eigenvalue weighted by atomic mass is 9.77. The minimum Gasteiger partial charge on any atom is -0.0683 e. The summed E-state index contributed by atoms with van der Waals surface area (Å²) in [7, 11) is 0. The van der Waals surface area contributed by atoms with Crippen molar-refractivity contribution < 1.29 is 0 Å². The molecule has 1 rings (SSSR count). The molecule has 0 heterocycles. The number of hydrogen-bond donors (Lipinski definition) is 0. The van der Waals surface area contributed by atoms with E-state index in [9.17, 15) is 0 Å². The van der Waals surface area contributed by atoms with Crippen molar-refractivity contribution in [2.24, 2.45) is 17.8 Å². The van der Waals surface area contributed by atoms with Gasteiger partial charge in [-0.1, -0.05) is 53.9 Å². The van der Waals surface area contributed by atoms with Crippen LogP contribution in [0.4, 0.5) is 0 Å². The molecule has 2 atom stereocenters. The molecule has 1 aliphatic carbocycles. The fourth-order valence-electron chi connectivity index (χ4n) is 2.09. The SMILES string of the molecule is CC.CC1CCCC(C(C)C)C1. The monoisotopic (exact) mass is 170 g/mol. The molecule has 0 radical (unpaired) electrons. The van der Waals surface area contributed by atoms with Gasteiger partial charge in [0.1, 0.15) is 0 Å². The minimum absolute atomic E-state index is 0.919. The Morgan fingerprint density at radius 1 is 1.08 bits per heavy atom. The van der Waals surface area contributed by atoms with Crippen molar-refractivity contribution in [3.05, 3.63) is 0 Å². The van der Waals surface area contributed by atoms with Crippen LogP contribution in [0.3, 0.4) is 0 Å². The average molecular weight is 170 g/mol. The van der Waals surface area contributed by atoms with Crippen molar-refractivity contribution >= 4 is 0 Å². The summed E-state index contributed by atoms with van der Waals surface area (Å²) in [5.74, 6) is 2.95. The van der Waals surface area contributed by atoms with Gasteiger partial charge in [-0.15, -0.1) is 0 Å². The zero-order chi connectivity index (χ0) is 9.56. The summed E-state index contributed by atoms with van der Waals surface area (Å²) in [5, 5.41) is 0. The Bertz CT molecular complexity index is 94.2. The van der Waals surface area contributed by atoms with Gasteiger partial charge < -0.3 is 0 Å². The van der Waals surface area contributed by atoms with Crippen LogP contribution in [-0.4, -0.2) is 0 Å². The summed E-state index contributed by atoms with van der Waals surface area (Å²) < 4.78 is 0. The lowest BCUT2D eigenvalue weighted by Gasteiger charge is -2.29. The second-order valence-electron chi connectivity index (χ2n) is 4.28. The molecule has 0 bridgehead atoms. The van der Waals surface area contributed by atoms with Gasteiger partial charge in [0.2, 0.25) is 0 Å². The molecular weight excluding hydrogens is 144 g/mol. The molecule has 74 valence electrons. The van der Waals surface area contributed by atoms with E-state index in [0.29, 0.717) is 0 Å². The molecule has 0 spiro atoms. The summed E-state index contributed by atoms with van der Waals surface area (Å²) >= 11 is 0. The highest BCUT2D eigenvalue weighted by Crippen LogP contribution is 2.32. The molecule has 1 saturated carbocycles. The maximum absolute atomic E-state index is 2.40. The number of rotatable bonds is 1. The molecule has 0 saturated heterocycles. The first-order chi connectivity index (χ1) is 5.70. The second kappa shape index (κ2) is 6.51. The van der Waals surface area contributed by atoms with Crippen molar-refractivity contribution in [2.45, 2.75) is 60.3 Å². The molecule has 0 nitrogen and oxygen atoms in total. The third-order valence-electron chi connectivity index (χ3n) is 2.92. The van der Waals surface area contributed by atoms with E-state index in [1.807, 2.05) is 13.8 Å². The molecule has 0 aromatic rings. The van der Waals surface area contributed by atoms with Crippen LogP contribution in [0.2, 0.25) is 0 Å². The van der Waals surface area contributed by atoms with Crippen molar-refractivity contribution in [2.75, 3.05) is 0 Å². The summed E-state index contributed by atoms with van der Waals surface area (Å²) in [5.41, 5.74) is 0. The van der Waals surface area contributed by atoms with E-state index in [4.69, 9.17) is 0 Å². The van der Waals surface area contributed by atoms with Crippen LogP contribution < -0.4 is 0 Å². The van der Waals surface area contributed by atoms with Gasteiger partial charge in [0.15, 0.2) is 0 Å². The maximum Gasteiger partial charge on any atom is -0.0389 e. The Labute approximate surface area is 78.8 Å². The summed E-state index contributed by atoms with van der Waals surface area (Å²) in [4.78, 5) is 0. The third kappa shape index (κ3) is 4.13. The first-order valence-electron chi connectivity index (χ1n) is 5.70. The van der Waals surface area contributed by atoms with Crippen LogP contribution in [0.15, 0.2) is 0 Å². The molecule has 2 unspecified atom stereocenters.